The molecule has 0 radical (unpaired) electrons. The van der Waals surface area contributed by atoms with Crippen molar-refractivity contribution < 1.29 is 5.11 Å². The Hall–Kier alpha value is -0.0800. The molecule has 2 N–H and O–H groups in total. The highest BCUT2D eigenvalue weighted by Crippen LogP contribution is 2.44. The highest BCUT2D eigenvalue weighted by atomic mass is 16.3. The van der Waals surface area contributed by atoms with Crippen molar-refractivity contribution in [3.05, 3.63) is 0 Å². The number of rotatable bonds is 5. The summed E-state index contributed by atoms with van der Waals surface area (Å²) in [6.45, 7) is 4.86. The number of aliphatic hydroxyl groups is 1. The summed E-state index contributed by atoms with van der Waals surface area (Å²) in [5, 5.41) is 13.7. The van der Waals surface area contributed by atoms with Crippen LogP contribution in [-0.2, 0) is 0 Å². The monoisotopic (exact) mass is 211 g/mol. The second kappa shape index (κ2) is 4.42. The largest absolute Gasteiger partial charge is 0.389 e. The third-order valence-electron chi connectivity index (χ3n) is 4.27. The molecule has 2 rings (SSSR count). The first-order valence-corrected chi connectivity index (χ1v) is 6.56. The van der Waals surface area contributed by atoms with Crippen LogP contribution in [0.5, 0.6) is 0 Å². The van der Waals surface area contributed by atoms with Crippen molar-refractivity contribution in [1.29, 1.82) is 0 Å². The van der Waals surface area contributed by atoms with E-state index in [0.29, 0.717) is 6.04 Å². The summed E-state index contributed by atoms with van der Waals surface area (Å²) in [6.07, 6.45) is 7.62. The average Bonchev–Trinajstić information content (AvgIpc) is 2.75. The Balaban J connectivity index is 1.74. The van der Waals surface area contributed by atoms with E-state index in [1.165, 1.54) is 25.7 Å². The zero-order chi connectivity index (χ0) is 10.9. The summed E-state index contributed by atoms with van der Waals surface area (Å²) in [6, 6.07) is 0.701. The smallest absolute Gasteiger partial charge is 0.0743 e. The van der Waals surface area contributed by atoms with Gasteiger partial charge in [0.1, 0.15) is 0 Å². The van der Waals surface area contributed by atoms with Gasteiger partial charge in [-0.05, 0) is 44.4 Å². The Labute approximate surface area is 93.5 Å². The molecule has 2 bridgehead atoms. The molecule has 0 amide bonds. The minimum absolute atomic E-state index is 0.503. The first kappa shape index (κ1) is 11.4. The maximum Gasteiger partial charge on any atom is 0.0743 e. The maximum absolute atomic E-state index is 10.1. The molecule has 2 heteroatoms. The number of fused-ring (bicyclic) bond motifs is 2. The molecular weight excluding hydrogens is 186 g/mol. The minimum atomic E-state index is -0.503. The highest BCUT2D eigenvalue weighted by Gasteiger charge is 2.39. The van der Waals surface area contributed by atoms with Gasteiger partial charge in [0.05, 0.1) is 5.60 Å². The Morgan fingerprint density at radius 1 is 1.33 bits per heavy atom. The van der Waals surface area contributed by atoms with Crippen LogP contribution in [0.3, 0.4) is 0 Å². The van der Waals surface area contributed by atoms with Crippen LogP contribution in [0.25, 0.3) is 0 Å². The van der Waals surface area contributed by atoms with Gasteiger partial charge in [0.25, 0.3) is 0 Å². The summed E-state index contributed by atoms with van der Waals surface area (Å²) < 4.78 is 0. The van der Waals surface area contributed by atoms with Crippen LogP contribution in [-0.4, -0.2) is 23.3 Å². The molecule has 0 spiro atoms. The van der Waals surface area contributed by atoms with E-state index in [0.717, 1.165) is 31.2 Å². The van der Waals surface area contributed by atoms with Crippen molar-refractivity contribution in [1.82, 2.24) is 5.32 Å². The lowest BCUT2D eigenvalue weighted by Gasteiger charge is -2.29. The third-order valence-corrected chi connectivity index (χ3v) is 4.27. The zero-order valence-corrected chi connectivity index (χ0v) is 10.1. The molecular formula is C13H25NO. The molecule has 88 valence electrons. The van der Waals surface area contributed by atoms with Gasteiger partial charge in [-0.1, -0.05) is 19.8 Å². The lowest BCUT2D eigenvalue weighted by atomic mass is 9.94. The van der Waals surface area contributed by atoms with E-state index >= 15 is 0 Å². The number of nitrogens with one attached hydrogen (secondary N) is 1. The van der Waals surface area contributed by atoms with E-state index in [4.69, 9.17) is 0 Å². The first-order valence-electron chi connectivity index (χ1n) is 6.56. The molecule has 0 aliphatic heterocycles. The quantitative estimate of drug-likeness (QED) is 0.731. The van der Waals surface area contributed by atoms with Crippen LogP contribution in [0.15, 0.2) is 0 Å². The molecule has 0 saturated heterocycles. The summed E-state index contributed by atoms with van der Waals surface area (Å²) >= 11 is 0. The molecule has 2 nitrogen and oxygen atoms in total. The topological polar surface area (TPSA) is 32.3 Å². The van der Waals surface area contributed by atoms with Crippen molar-refractivity contribution in [3.63, 3.8) is 0 Å². The van der Waals surface area contributed by atoms with Gasteiger partial charge in [0.2, 0.25) is 0 Å². The lowest BCUT2D eigenvalue weighted by Crippen LogP contribution is -2.44. The van der Waals surface area contributed by atoms with Gasteiger partial charge < -0.3 is 10.4 Å². The van der Waals surface area contributed by atoms with Crippen molar-refractivity contribution in [2.75, 3.05) is 6.54 Å². The zero-order valence-electron chi connectivity index (χ0n) is 10.1. The molecule has 2 aliphatic rings. The average molecular weight is 211 g/mol. The van der Waals surface area contributed by atoms with Crippen molar-refractivity contribution in [2.45, 2.75) is 64.0 Å². The van der Waals surface area contributed by atoms with Crippen molar-refractivity contribution in [2.24, 2.45) is 11.8 Å². The fraction of sp³-hybridized carbons (Fsp3) is 1.00. The second-order valence-electron chi connectivity index (χ2n) is 5.91. The van der Waals surface area contributed by atoms with E-state index in [1.54, 1.807) is 0 Å². The predicted octanol–water partition coefficient (Wildman–Crippen LogP) is 2.32. The van der Waals surface area contributed by atoms with Gasteiger partial charge >= 0.3 is 0 Å². The van der Waals surface area contributed by atoms with Gasteiger partial charge in [-0.2, -0.15) is 0 Å². The van der Waals surface area contributed by atoms with Crippen molar-refractivity contribution in [3.8, 4) is 0 Å². The Morgan fingerprint density at radius 2 is 2.13 bits per heavy atom. The number of hydrogen-bond donors (Lipinski definition) is 2. The third kappa shape index (κ3) is 2.73. The van der Waals surface area contributed by atoms with Crippen LogP contribution in [0.4, 0.5) is 0 Å². The van der Waals surface area contributed by atoms with E-state index in [2.05, 4.69) is 12.2 Å². The van der Waals surface area contributed by atoms with E-state index in [1.807, 2.05) is 6.92 Å². The van der Waals surface area contributed by atoms with Gasteiger partial charge in [-0.25, -0.2) is 0 Å². The minimum Gasteiger partial charge on any atom is -0.389 e. The summed E-state index contributed by atoms with van der Waals surface area (Å²) in [5.74, 6) is 1.90. The first-order chi connectivity index (χ1) is 7.11. The summed E-state index contributed by atoms with van der Waals surface area (Å²) in [4.78, 5) is 0. The normalized spacial score (nSPS) is 38.2. The van der Waals surface area contributed by atoms with Gasteiger partial charge in [0, 0.05) is 12.6 Å². The van der Waals surface area contributed by atoms with E-state index in [-0.39, 0.29) is 0 Å². The fourth-order valence-electron chi connectivity index (χ4n) is 3.47. The second-order valence-corrected chi connectivity index (χ2v) is 5.91. The van der Waals surface area contributed by atoms with Gasteiger partial charge in [-0.3, -0.25) is 0 Å². The van der Waals surface area contributed by atoms with Gasteiger partial charge in [-0.15, -0.1) is 0 Å². The summed E-state index contributed by atoms with van der Waals surface area (Å²) in [5.41, 5.74) is -0.503. The standard InChI is InChI=1S/C13H25NO/c1-3-6-13(2,15)9-14-12-8-10-4-5-11(12)7-10/h10-12,14-15H,3-9H2,1-2H3. The highest BCUT2D eigenvalue weighted by molar-refractivity contribution is 4.95. The Bertz CT molecular complexity index is 215. The van der Waals surface area contributed by atoms with Gasteiger partial charge in [0.15, 0.2) is 0 Å². The van der Waals surface area contributed by atoms with Crippen molar-refractivity contribution >= 4 is 0 Å². The van der Waals surface area contributed by atoms with Crippen LogP contribution in [0, 0.1) is 11.8 Å². The van der Waals surface area contributed by atoms with Crippen LogP contribution >= 0.6 is 0 Å². The fourth-order valence-corrected chi connectivity index (χ4v) is 3.47. The number of hydrogen-bond acceptors (Lipinski definition) is 2. The molecule has 0 heterocycles. The molecule has 0 aromatic heterocycles. The predicted molar refractivity (Wildman–Crippen MR) is 62.8 cm³/mol. The lowest BCUT2D eigenvalue weighted by molar-refractivity contribution is 0.0450. The molecule has 4 unspecified atom stereocenters. The molecule has 0 aromatic rings. The van der Waals surface area contributed by atoms with Crippen LogP contribution in [0.2, 0.25) is 0 Å². The maximum atomic E-state index is 10.1. The molecule has 2 fully saturated rings. The summed E-state index contributed by atoms with van der Waals surface area (Å²) in [7, 11) is 0. The molecule has 15 heavy (non-hydrogen) atoms. The van der Waals surface area contributed by atoms with E-state index < -0.39 is 5.60 Å². The molecule has 2 saturated carbocycles. The molecule has 0 aromatic carbocycles. The SMILES string of the molecule is CCCC(C)(O)CNC1CC2CCC1C2. The Morgan fingerprint density at radius 3 is 2.67 bits per heavy atom. The van der Waals surface area contributed by atoms with Crippen LogP contribution in [0.1, 0.15) is 52.4 Å². The molecule has 4 atom stereocenters. The molecule has 2 aliphatic carbocycles. The van der Waals surface area contributed by atoms with Crippen LogP contribution < -0.4 is 5.32 Å². The Kier molecular flexibility index (Phi) is 3.36. The van der Waals surface area contributed by atoms with E-state index in [9.17, 15) is 5.11 Å².